The molecule has 6 heteroatoms. The fraction of sp³-hybridized carbons (Fsp3) is 0.118. The van der Waals surface area contributed by atoms with Crippen molar-refractivity contribution < 1.29 is 14.7 Å². The van der Waals surface area contributed by atoms with Crippen molar-refractivity contribution in [2.75, 3.05) is 5.32 Å². The zero-order valence-electron chi connectivity index (χ0n) is 12.6. The first-order valence-corrected chi connectivity index (χ1v) is 7.01. The monoisotopic (exact) mass is 311 g/mol. The lowest BCUT2D eigenvalue weighted by molar-refractivity contribution is -0.126. The highest BCUT2D eigenvalue weighted by molar-refractivity contribution is 6.04. The highest BCUT2D eigenvalue weighted by Crippen LogP contribution is 2.13. The Bertz CT molecular complexity index is 724. The summed E-state index contributed by atoms with van der Waals surface area (Å²) < 4.78 is 0. The van der Waals surface area contributed by atoms with E-state index in [0.717, 1.165) is 5.56 Å². The van der Waals surface area contributed by atoms with Crippen molar-refractivity contribution in [2.45, 2.75) is 13.3 Å². The summed E-state index contributed by atoms with van der Waals surface area (Å²) in [5.41, 5.74) is 4.60. The minimum Gasteiger partial charge on any atom is -0.508 e. The van der Waals surface area contributed by atoms with Gasteiger partial charge in [0.25, 0.3) is 0 Å². The largest absolute Gasteiger partial charge is 0.508 e. The lowest BCUT2D eigenvalue weighted by Gasteiger charge is -2.07. The number of carbonyl (C=O) groups is 2. The number of carbonyl (C=O) groups excluding carboxylic acids is 2. The van der Waals surface area contributed by atoms with Gasteiger partial charge in [-0.25, -0.2) is 5.43 Å². The Hall–Kier alpha value is -3.15. The SMILES string of the molecule is Cc1ccccc1NC(=O)CC(=O)NN=Cc1ccc(O)cc1. The van der Waals surface area contributed by atoms with Crippen LogP contribution in [0.1, 0.15) is 17.5 Å². The van der Waals surface area contributed by atoms with Gasteiger partial charge in [0.1, 0.15) is 12.2 Å². The summed E-state index contributed by atoms with van der Waals surface area (Å²) >= 11 is 0. The number of aromatic hydroxyl groups is 1. The van der Waals surface area contributed by atoms with Gasteiger partial charge in [0.05, 0.1) is 6.21 Å². The summed E-state index contributed by atoms with van der Waals surface area (Å²) in [5, 5.41) is 15.6. The van der Waals surface area contributed by atoms with Crippen molar-refractivity contribution in [3.05, 3.63) is 59.7 Å². The zero-order valence-corrected chi connectivity index (χ0v) is 12.6. The van der Waals surface area contributed by atoms with Gasteiger partial charge in [0.15, 0.2) is 0 Å². The van der Waals surface area contributed by atoms with E-state index in [1.54, 1.807) is 18.2 Å². The molecule has 2 aromatic carbocycles. The molecule has 0 radical (unpaired) electrons. The van der Waals surface area contributed by atoms with Crippen LogP contribution in [0.3, 0.4) is 0 Å². The number of anilines is 1. The summed E-state index contributed by atoms with van der Waals surface area (Å²) in [6.07, 6.45) is 1.11. The number of hydrazone groups is 1. The van der Waals surface area contributed by atoms with E-state index in [1.807, 2.05) is 25.1 Å². The molecule has 0 saturated heterocycles. The molecule has 0 aromatic heterocycles. The number of para-hydroxylation sites is 1. The first-order chi connectivity index (χ1) is 11.0. The van der Waals surface area contributed by atoms with Crippen LogP contribution in [-0.4, -0.2) is 23.1 Å². The van der Waals surface area contributed by atoms with E-state index >= 15 is 0 Å². The van der Waals surface area contributed by atoms with E-state index in [0.29, 0.717) is 11.3 Å². The maximum absolute atomic E-state index is 11.8. The van der Waals surface area contributed by atoms with Crippen LogP contribution in [0.4, 0.5) is 5.69 Å². The molecule has 0 spiro atoms. The average molecular weight is 311 g/mol. The van der Waals surface area contributed by atoms with E-state index in [1.165, 1.54) is 18.3 Å². The van der Waals surface area contributed by atoms with Crippen LogP contribution in [0.25, 0.3) is 0 Å². The van der Waals surface area contributed by atoms with E-state index in [9.17, 15) is 9.59 Å². The quantitative estimate of drug-likeness (QED) is 0.449. The van der Waals surface area contributed by atoms with Crippen molar-refractivity contribution in [1.29, 1.82) is 0 Å². The van der Waals surface area contributed by atoms with E-state index in [4.69, 9.17) is 5.11 Å². The highest BCUT2D eigenvalue weighted by Gasteiger charge is 2.09. The molecule has 0 bridgehead atoms. The average Bonchev–Trinajstić information content (AvgIpc) is 2.51. The van der Waals surface area contributed by atoms with Crippen LogP contribution in [0.2, 0.25) is 0 Å². The van der Waals surface area contributed by atoms with Gasteiger partial charge < -0.3 is 10.4 Å². The van der Waals surface area contributed by atoms with Crippen LogP contribution in [0.5, 0.6) is 5.75 Å². The van der Waals surface area contributed by atoms with Gasteiger partial charge in [-0.3, -0.25) is 9.59 Å². The molecule has 0 aliphatic heterocycles. The maximum atomic E-state index is 11.8. The maximum Gasteiger partial charge on any atom is 0.249 e. The van der Waals surface area contributed by atoms with Gasteiger partial charge in [0, 0.05) is 5.69 Å². The van der Waals surface area contributed by atoms with E-state index < -0.39 is 11.8 Å². The topological polar surface area (TPSA) is 90.8 Å². The fourth-order valence-corrected chi connectivity index (χ4v) is 1.83. The third kappa shape index (κ3) is 5.28. The normalized spacial score (nSPS) is 10.5. The smallest absolute Gasteiger partial charge is 0.249 e. The Morgan fingerprint density at radius 1 is 1.09 bits per heavy atom. The predicted molar refractivity (Wildman–Crippen MR) is 88.3 cm³/mol. The molecule has 118 valence electrons. The van der Waals surface area contributed by atoms with Crippen LogP contribution < -0.4 is 10.7 Å². The summed E-state index contributed by atoms with van der Waals surface area (Å²) in [4.78, 5) is 23.4. The number of hydrogen-bond donors (Lipinski definition) is 3. The summed E-state index contributed by atoms with van der Waals surface area (Å²) in [6, 6.07) is 13.6. The van der Waals surface area contributed by atoms with Gasteiger partial charge in [-0.05, 0) is 48.4 Å². The van der Waals surface area contributed by atoms with Crippen molar-refractivity contribution in [2.24, 2.45) is 5.10 Å². The summed E-state index contributed by atoms with van der Waals surface area (Å²) in [5.74, 6) is -0.762. The van der Waals surface area contributed by atoms with Crippen LogP contribution in [-0.2, 0) is 9.59 Å². The second kappa shape index (κ2) is 7.74. The van der Waals surface area contributed by atoms with Gasteiger partial charge in [-0.15, -0.1) is 0 Å². The molecule has 2 aromatic rings. The van der Waals surface area contributed by atoms with Gasteiger partial charge in [0.2, 0.25) is 11.8 Å². The van der Waals surface area contributed by atoms with Crippen LogP contribution in [0, 0.1) is 6.92 Å². The Morgan fingerprint density at radius 3 is 2.48 bits per heavy atom. The van der Waals surface area contributed by atoms with Crippen molar-refractivity contribution in [3.8, 4) is 5.75 Å². The van der Waals surface area contributed by atoms with Crippen LogP contribution in [0.15, 0.2) is 53.6 Å². The first kappa shape index (κ1) is 16.2. The summed E-state index contributed by atoms with van der Waals surface area (Å²) in [7, 11) is 0. The van der Waals surface area contributed by atoms with Crippen molar-refractivity contribution in [1.82, 2.24) is 5.43 Å². The predicted octanol–water partition coefficient (Wildman–Crippen LogP) is 2.18. The Morgan fingerprint density at radius 2 is 1.78 bits per heavy atom. The third-order valence-electron chi connectivity index (χ3n) is 3.04. The molecular formula is C17H17N3O3. The van der Waals surface area contributed by atoms with Gasteiger partial charge in [-0.1, -0.05) is 18.2 Å². The molecule has 3 N–H and O–H groups in total. The Kier molecular flexibility index (Phi) is 5.46. The molecule has 6 nitrogen and oxygen atoms in total. The van der Waals surface area contributed by atoms with E-state index in [-0.39, 0.29) is 12.2 Å². The standard InChI is InChI=1S/C17H17N3O3/c1-12-4-2-3-5-15(12)19-16(22)10-17(23)20-18-11-13-6-8-14(21)9-7-13/h2-9,11,21H,10H2,1H3,(H,19,22)(H,20,23). The number of hydrogen-bond acceptors (Lipinski definition) is 4. The molecule has 0 aliphatic rings. The molecule has 0 saturated carbocycles. The second-order valence-electron chi connectivity index (χ2n) is 4.92. The number of nitrogens with one attached hydrogen (secondary N) is 2. The molecule has 2 amide bonds. The zero-order chi connectivity index (χ0) is 16.7. The first-order valence-electron chi connectivity index (χ1n) is 7.01. The molecule has 23 heavy (non-hydrogen) atoms. The minimum atomic E-state index is -0.508. The van der Waals surface area contributed by atoms with Crippen LogP contribution >= 0.6 is 0 Å². The Balaban J connectivity index is 1.81. The highest BCUT2D eigenvalue weighted by atomic mass is 16.3. The molecule has 0 aliphatic carbocycles. The third-order valence-corrected chi connectivity index (χ3v) is 3.04. The van der Waals surface area contributed by atoms with Crippen molar-refractivity contribution >= 4 is 23.7 Å². The number of amides is 2. The fourth-order valence-electron chi connectivity index (χ4n) is 1.83. The number of rotatable bonds is 5. The molecular weight excluding hydrogens is 294 g/mol. The number of phenolic OH excluding ortho intramolecular Hbond substituents is 1. The summed E-state index contributed by atoms with van der Waals surface area (Å²) in [6.45, 7) is 1.87. The second-order valence-corrected chi connectivity index (χ2v) is 4.92. The number of benzene rings is 2. The number of aryl methyl sites for hydroxylation is 1. The Labute approximate surface area is 133 Å². The minimum absolute atomic E-state index is 0.152. The molecule has 0 fully saturated rings. The molecule has 0 unspecified atom stereocenters. The lowest BCUT2D eigenvalue weighted by Crippen LogP contribution is -2.24. The number of nitrogens with zero attached hydrogens (tertiary/aromatic N) is 1. The lowest BCUT2D eigenvalue weighted by atomic mass is 10.2. The molecule has 2 rings (SSSR count). The number of phenols is 1. The van der Waals surface area contributed by atoms with Gasteiger partial charge in [-0.2, -0.15) is 5.10 Å². The molecule has 0 atom stereocenters. The molecule has 0 heterocycles. The van der Waals surface area contributed by atoms with Gasteiger partial charge >= 0.3 is 0 Å². The van der Waals surface area contributed by atoms with Crippen molar-refractivity contribution in [3.63, 3.8) is 0 Å². The van der Waals surface area contributed by atoms with E-state index in [2.05, 4.69) is 15.8 Å².